The summed E-state index contributed by atoms with van der Waals surface area (Å²) >= 11 is 6.11. The van der Waals surface area contributed by atoms with E-state index in [2.05, 4.69) is 27.6 Å². The smallest absolute Gasteiger partial charge is 0.379 e. The lowest BCUT2D eigenvalue weighted by Crippen LogP contribution is -2.26. The SMILES string of the molecule is O=c1c(Cl)c(NC2CC=CCC2)cnn1-c1ccc(C(F)(F)F)cn1. The Balaban J connectivity index is 1.87. The lowest BCUT2D eigenvalue weighted by molar-refractivity contribution is -0.137. The van der Waals surface area contributed by atoms with Crippen LogP contribution in [-0.4, -0.2) is 20.8 Å². The molecule has 0 saturated heterocycles. The fourth-order valence-electron chi connectivity index (χ4n) is 2.52. The number of hydrogen-bond donors (Lipinski definition) is 1. The molecule has 2 aromatic heterocycles. The Morgan fingerprint density at radius 2 is 2.04 bits per heavy atom. The lowest BCUT2D eigenvalue weighted by Gasteiger charge is -2.21. The summed E-state index contributed by atoms with van der Waals surface area (Å²) in [6.45, 7) is 0. The third-order valence-corrected chi connectivity index (χ3v) is 4.21. The second-order valence-electron chi connectivity index (χ2n) is 5.62. The van der Waals surface area contributed by atoms with Crippen LogP contribution in [0.2, 0.25) is 5.02 Å². The van der Waals surface area contributed by atoms with Crippen LogP contribution in [0.5, 0.6) is 0 Å². The lowest BCUT2D eigenvalue weighted by atomic mass is 10.0. The Morgan fingerprint density at radius 3 is 2.64 bits per heavy atom. The molecule has 1 atom stereocenters. The standard InChI is InChI=1S/C16H14ClF3N4O/c17-14-12(23-11-4-2-1-3-5-11)9-22-24(15(14)25)13-7-6-10(8-21-13)16(18,19)20/h1-2,6-9,11,23H,3-5H2. The fourth-order valence-corrected chi connectivity index (χ4v) is 2.70. The van der Waals surface area contributed by atoms with Crippen molar-refractivity contribution in [3.63, 3.8) is 0 Å². The van der Waals surface area contributed by atoms with Crippen molar-refractivity contribution in [3.8, 4) is 5.82 Å². The predicted molar refractivity (Wildman–Crippen MR) is 88.0 cm³/mol. The summed E-state index contributed by atoms with van der Waals surface area (Å²) in [4.78, 5) is 16.0. The zero-order valence-corrected chi connectivity index (χ0v) is 13.7. The van der Waals surface area contributed by atoms with Crippen LogP contribution in [0.15, 0.2) is 41.5 Å². The quantitative estimate of drug-likeness (QED) is 0.834. The maximum Gasteiger partial charge on any atom is 0.417 e. The molecule has 9 heteroatoms. The average molecular weight is 371 g/mol. The minimum atomic E-state index is -4.50. The molecule has 0 aliphatic heterocycles. The minimum absolute atomic E-state index is 0.0351. The largest absolute Gasteiger partial charge is 0.417 e. The first-order valence-electron chi connectivity index (χ1n) is 7.59. The van der Waals surface area contributed by atoms with E-state index in [4.69, 9.17) is 11.6 Å². The van der Waals surface area contributed by atoms with E-state index in [1.165, 1.54) is 6.20 Å². The molecule has 2 heterocycles. The first-order chi connectivity index (χ1) is 11.9. The molecular weight excluding hydrogens is 357 g/mol. The van der Waals surface area contributed by atoms with Gasteiger partial charge < -0.3 is 5.32 Å². The van der Waals surface area contributed by atoms with Crippen LogP contribution >= 0.6 is 11.6 Å². The number of alkyl halides is 3. The topological polar surface area (TPSA) is 59.8 Å². The molecule has 132 valence electrons. The van der Waals surface area contributed by atoms with Crippen molar-refractivity contribution in [1.82, 2.24) is 14.8 Å². The number of nitrogens with one attached hydrogen (secondary N) is 1. The third kappa shape index (κ3) is 3.84. The highest BCUT2D eigenvalue weighted by molar-refractivity contribution is 6.32. The van der Waals surface area contributed by atoms with E-state index >= 15 is 0 Å². The van der Waals surface area contributed by atoms with Gasteiger partial charge in [-0.3, -0.25) is 4.79 Å². The van der Waals surface area contributed by atoms with Crippen molar-refractivity contribution in [2.75, 3.05) is 5.32 Å². The van der Waals surface area contributed by atoms with Crippen LogP contribution in [0.4, 0.5) is 18.9 Å². The molecule has 25 heavy (non-hydrogen) atoms. The van der Waals surface area contributed by atoms with Gasteiger partial charge in [0.1, 0.15) is 5.02 Å². The average Bonchev–Trinajstić information content (AvgIpc) is 2.59. The number of pyridine rings is 1. The monoisotopic (exact) mass is 370 g/mol. The van der Waals surface area contributed by atoms with Crippen molar-refractivity contribution in [2.24, 2.45) is 0 Å². The number of allylic oxidation sites excluding steroid dienone is 1. The molecule has 1 aliphatic rings. The van der Waals surface area contributed by atoms with E-state index in [-0.39, 0.29) is 16.9 Å². The highest BCUT2D eigenvalue weighted by Crippen LogP contribution is 2.28. The minimum Gasteiger partial charge on any atom is -0.379 e. The highest BCUT2D eigenvalue weighted by atomic mass is 35.5. The molecule has 2 aromatic rings. The van der Waals surface area contributed by atoms with Crippen molar-refractivity contribution >= 4 is 17.3 Å². The van der Waals surface area contributed by atoms with Gasteiger partial charge in [0.25, 0.3) is 5.56 Å². The second-order valence-corrected chi connectivity index (χ2v) is 6.00. The summed E-state index contributed by atoms with van der Waals surface area (Å²) in [5.41, 5.74) is -1.15. The van der Waals surface area contributed by atoms with Gasteiger partial charge in [0.2, 0.25) is 0 Å². The van der Waals surface area contributed by atoms with Crippen molar-refractivity contribution in [2.45, 2.75) is 31.5 Å². The summed E-state index contributed by atoms with van der Waals surface area (Å²) in [6.07, 6.45) is 4.34. The molecule has 3 rings (SSSR count). The van der Waals surface area contributed by atoms with Crippen LogP contribution < -0.4 is 10.9 Å². The molecular formula is C16H14ClF3N4O. The van der Waals surface area contributed by atoms with Gasteiger partial charge in [-0.25, -0.2) is 4.98 Å². The third-order valence-electron chi connectivity index (χ3n) is 3.84. The van der Waals surface area contributed by atoms with Gasteiger partial charge in [-0.15, -0.1) is 0 Å². The summed E-state index contributed by atoms with van der Waals surface area (Å²) in [6, 6.07) is 2.07. The van der Waals surface area contributed by atoms with E-state index in [0.717, 1.165) is 36.1 Å². The Labute approximate surface area is 146 Å². The maximum absolute atomic E-state index is 12.6. The molecule has 0 spiro atoms. The van der Waals surface area contributed by atoms with E-state index in [1.54, 1.807) is 0 Å². The van der Waals surface area contributed by atoms with Crippen LogP contribution in [0, 0.1) is 0 Å². The van der Waals surface area contributed by atoms with Gasteiger partial charge in [0, 0.05) is 12.2 Å². The zero-order chi connectivity index (χ0) is 18.0. The first-order valence-corrected chi connectivity index (χ1v) is 7.97. The highest BCUT2D eigenvalue weighted by Gasteiger charge is 2.30. The summed E-state index contributed by atoms with van der Waals surface area (Å²) in [5.74, 6) is -0.0351. The van der Waals surface area contributed by atoms with Gasteiger partial charge >= 0.3 is 6.18 Å². The van der Waals surface area contributed by atoms with Gasteiger partial charge in [0.05, 0.1) is 17.4 Å². The molecule has 0 fully saturated rings. The number of halogens is 4. The van der Waals surface area contributed by atoms with Gasteiger partial charge in [-0.05, 0) is 31.4 Å². The number of nitrogens with zero attached hydrogens (tertiary/aromatic N) is 3. The number of anilines is 1. The number of aromatic nitrogens is 3. The Hall–Kier alpha value is -2.35. The molecule has 0 bridgehead atoms. The second kappa shape index (κ2) is 6.87. The summed E-state index contributed by atoms with van der Waals surface area (Å²) < 4.78 is 38.6. The van der Waals surface area contributed by atoms with Crippen LogP contribution in [-0.2, 0) is 6.18 Å². The normalized spacial score (nSPS) is 17.5. The first kappa shape index (κ1) is 17.5. The predicted octanol–water partition coefficient (Wildman–Crippen LogP) is 3.82. The van der Waals surface area contributed by atoms with E-state index in [0.29, 0.717) is 11.9 Å². The van der Waals surface area contributed by atoms with Crippen LogP contribution in [0.25, 0.3) is 5.82 Å². The Morgan fingerprint density at radius 1 is 1.24 bits per heavy atom. The van der Waals surface area contributed by atoms with Crippen LogP contribution in [0.1, 0.15) is 24.8 Å². The van der Waals surface area contributed by atoms with E-state index in [9.17, 15) is 18.0 Å². The van der Waals surface area contributed by atoms with Crippen LogP contribution in [0.3, 0.4) is 0 Å². The molecule has 1 unspecified atom stereocenters. The van der Waals surface area contributed by atoms with Crippen molar-refractivity contribution in [3.05, 3.63) is 57.6 Å². The number of rotatable bonds is 3. The van der Waals surface area contributed by atoms with Crippen molar-refractivity contribution in [1.29, 1.82) is 0 Å². The van der Waals surface area contributed by atoms with Gasteiger partial charge in [-0.2, -0.15) is 23.0 Å². The van der Waals surface area contributed by atoms with Gasteiger partial charge in [-0.1, -0.05) is 23.8 Å². The number of hydrogen-bond acceptors (Lipinski definition) is 4. The summed E-state index contributed by atoms with van der Waals surface area (Å²) in [7, 11) is 0. The molecule has 0 amide bonds. The van der Waals surface area contributed by atoms with E-state index in [1.807, 2.05) is 0 Å². The van der Waals surface area contributed by atoms with Crippen molar-refractivity contribution < 1.29 is 13.2 Å². The molecule has 5 nitrogen and oxygen atoms in total. The Kier molecular flexibility index (Phi) is 4.80. The molecule has 0 aromatic carbocycles. The molecule has 0 saturated carbocycles. The summed E-state index contributed by atoms with van der Waals surface area (Å²) in [5, 5.41) is 7.05. The fraction of sp³-hybridized carbons (Fsp3) is 0.312. The maximum atomic E-state index is 12.6. The molecule has 1 aliphatic carbocycles. The molecule has 0 radical (unpaired) electrons. The zero-order valence-electron chi connectivity index (χ0n) is 12.9. The van der Waals surface area contributed by atoms with Gasteiger partial charge in [0.15, 0.2) is 5.82 Å². The molecule has 1 N–H and O–H groups in total. The van der Waals surface area contributed by atoms with E-state index < -0.39 is 17.3 Å². The Bertz CT molecular complexity index is 846.